The largest absolute Gasteiger partial charge is 0.618 e. The van der Waals surface area contributed by atoms with Crippen LogP contribution in [0.1, 0.15) is 36.1 Å². The van der Waals surface area contributed by atoms with Crippen molar-refractivity contribution in [3.05, 3.63) is 94.7 Å². The van der Waals surface area contributed by atoms with Gasteiger partial charge in [-0.3, -0.25) is 4.68 Å². The van der Waals surface area contributed by atoms with Crippen molar-refractivity contribution in [2.75, 3.05) is 6.61 Å². The Labute approximate surface area is 233 Å². The second-order valence-electron chi connectivity index (χ2n) is 8.77. The van der Waals surface area contributed by atoms with Crippen molar-refractivity contribution in [2.45, 2.75) is 32.4 Å². The van der Waals surface area contributed by atoms with Gasteiger partial charge in [-0.25, -0.2) is 22.8 Å². The first kappa shape index (κ1) is 28.2. The number of alkyl halides is 4. The summed E-state index contributed by atoms with van der Waals surface area (Å²) in [7, 11) is 0. The van der Waals surface area contributed by atoms with Gasteiger partial charge in [0.15, 0.2) is 12.0 Å². The zero-order valence-corrected chi connectivity index (χ0v) is 21.8. The first-order chi connectivity index (χ1) is 19.6. The molecule has 4 aromatic heterocycles. The topological polar surface area (TPSA) is 103 Å². The van der Waals surface area contributed by atoms with Gasteiger partial charge in [0.25, 0.3) is 6.43 Å². The Morgan fingerprint density at radius 2 is 1.93 bits per heavy atom. The molecule has 0 bridgehead atoms. The molecule has 10 nitrogen and oxygen atoms in total. The maximum absolute atomic E-state index is 15.3. The third kappa shape index (κ3) is 5.76. The van der Waals surface area contributed by atoms with Crippen molar-refractivity contribution in [2.24, 2.45) is 0 Å². The van der Waals surface area contributed by atoms with E-state index >= 15 is 4.39 Å². The van der Waals surface area contributed by atoms with Gasteiger partial charge in [0.2, 0.25) is 5.69 Å². The molecule has 16 heteroatoms. The molecule has 0 aliphatic carbocycles. The number of pyridine rings is 1. The molecule has 0 unspecified atom stereocenters. The molecule has 41 heavy (non-hydrogen) atoms. The normalized spacial score (nSPS) is 12.5. The zero-order valence-electron chi connectivity index (χ0n) is 21.1. The number of hydrogen-bond acceptors (Lipinski definition) is 6. The molecular formula is C25H20ClF5N8O2. The SMILES string of the molecule is Cc1nccn1-c1cnn([C@@H](CCOC(F)F)c2ccc(-c3c(-n4cc(C(F)F)nn4)ccc(Cl)c3F)c[n+]2[O-])c1. The van der Waals surface area contributed by atoms with Gasteiger partial charge in [-0.1, -0.05) is 16.8 Å². The molecule has 0 saturated heterocycles. The highest BCUT2D eigenvalue weighted by molar-refractivity contribution is 6.31. The predicted molar refractivity (Wildman–Crippen MR) is 134 cm³/mol. The minimum absolute atomic E-state index is 0.00773. The molecule has 0 amide bonds. The van der Waals surface area contributed by atoms with Crippen molar-refractivity contribution in [1.82, 2.24) is 34.3 Å². The standard InChI is InChI=1S/C25H20ClF5N8O2/c1-14-32-7-8-36(14)16-10-33-37(12-16)19(6-9-41-25(30)31)20-4-2-15(11-39(20)40)22-21(5-3-17(26)23(22)27)38-13-18(24(28)29)34-35-38/h2-5,7-8,10-13,19,24-25H,6,9H2,1H3/t19-/m0/s1. The third-order valence-electron chi connectivity index (χ3n) is 6.28. The summed E-state index contributed by atoms with van der Waals surface area (Å²) in [6.07, 6.45) is 5.50. The van der Waals surface area contributed by atoms with Crippen LogP contribution in [0.15, 0.2) is 61.4 Å². The molecule has 0 spiro atoms. The zero-order chi connectivity index (χ0) is 29.3. The van der Waals surface area contributed by atoms with Gasteiger partial charge in [-0.05, 0) is 25.1 Å². The average molecular weight is 595 g/mol. The summed E-state index contributed by atoms with van der Waals surface area (Å²) < 4.78 is 75.9. The van der Waals surface area contributed by atoms with Gasteiger partial charge in [-0.15, -0.1) is 5.10 Å². The van der Waals surface area contributed by atoms with E-state index in [2.05, 4.69) is 25.1 Å². The fourth-order valence-electron chi connectivity index (χ4n) is 4.36. The number of rotatable bonds is 10. The van der Waals surface area contributed by atoms with Gasteiger partial charge < -0.3 is 14.5 Å². The second kappa shape index (κ2) is 11.6. The molecular weight excluding hydrogens is 575 g/mol. The minimum Gasteiger partial charge on any atom is -0.618 e. The Kier molecular flexibility index (Phi) is 7.99. The van der Waals surface area contributed by atoms with Crippen molar-refractivity contribution in [3.8, 4) is 22.5 Å². The van der Waals surface area contributed by atoms with Crippen LogP contribution in [0.2, 0.25) is 5.02 Å². The van der Waals surface area contributed by atoms with Crippen molar-refractivity contribution in [3.63, 3.8) is 0 Å². The Bertz CT molecular complexity index is 1670. The molecule has 0 aliphatic rings. The Morgan fingerprint density at radius 3 is 2.59 bits per heavy atom. The summed E-state index contributed by atoms with van der Waals surface area (Å²) in [5.74, 6) is -0.238. The number of ether oxygens (including phenoxy) is 1. The Morgan fingerprint density at radius 1 is 1.12 bits per heavy atom. The number of nitrogens with zero attached hydrogens (tertiary/aromatic N) is 8. The molecule has 0 N–H and O–H groups in total. The van der Waals surface area contributed by atoms with Crippen LogP contribution in [-0.2, 0) is 4.74 Å². The van der Waals surface area contributed by atoms with Crippen molar-refractivity contribution in [1.29, 1.82) is 0 Å². The number of aryl methyl sites for hydroxylation is 1. The number of hydrogen-bond donors (Lipinski definition) is 0. The predicted octanol–water partition coefficient (Wildman–Crippen LogP) is 5.21. The Balaban J connectivity index is 1.55. The minimum atomic E-state index is -3.01. The van der Waals surface area contributed by atoms with Crippen LogP contribution in [0.25, 0.3) is 22.5 Å². The summed E-state index contributed by atoms with van der Waals surface area (Å²) in [6.45, 7) is -1.62. The van der Waals surface area contributed by atoms with Gasteiger partial charge in [0, 0.05) is 31.1 Å². The van der Waals surface area contributed by atoms with Crippen LogP contribution < -0.4 is 4.73 Å². The van der Waals surface area contributed by atoms with Crippen LogP contribution in [0.4, 0.5) is 22.0 Å². The number of halogens is 6. The molecule has 1 aromatic carbocycles. The molecule has 5 rings (SSSR count). The fourth-order valence-corrected chi connectivity index (χ4v) is 4.51. The highest BCUT2D eigenvalue weighted by Gasteiger charge is 2.27. The first-order valence-electron chi connectivity index (χ1n) is 12.0. The summed E-state index contributed by atoms with van der Waals surface area (Å²) >= 11 is 6.00. The highest BCUT2D eigenvalue weighted by atomic mass is 35.5. The number of aromatic nitrogens is 8. The molecule has 0 aliphatic heterocycles. The van der Waals surface area contributed by atoms with Crippen LogP contribution in [0.3, 0.4) is 0 Å². The van der Waals surface area contributed by atoms with Crippen LogP contribution >= 0.6 is 11.6 Å². The van der Waals surface area contributed by atoms with E-state index in [1.807, 2.05) is 0 Å². The molecule has 1 atom stereocenters. The first-order valence-corrected chi connectivity index (χ1v) is 12.4. The monoisotopic (exact) mass is 594 g/mol. The summed E-state index contributed by atoms with van der Waals surface area (Å²) in [6, 6.07) is 4.51. The van der Waals surface area contributed by atoms with E-state index in [-0.39, 0.29) is 34.0 Å². The van der Waals surface area contributed by atoms with Crippen LogP contribution in [0, 0.1) is 17.9 Å². The van der Waals surface area contributed by atoms with Gasteiger partial charge in [0.1, 0.15) is 17.6 Å². The van der Waals surface area contributed by atoms with Crippen LogP contribution in [0.5, 0.6) is 0 Å². The highest BCUT2D eigenvalue weighted by Crippen LogP contribution is 2.34. The lowest BCUT2D eigenvalue weighted by atomic mass is 10.0. The molecule has 0 saturated carbocycles. The van der Waals surface area contributed by atoms with Gasteiger partial charge in [-0.2, -0.15) is 18.6 Å². The average Bonchev–Trinajstić information content (AvgIpc) is 3.69. The maximum atomic E-state index is 15.3. The van der Waals surface area contributed by atoms with E-state index in [0.717, 1.165) is 17.1 Å². The number of imidazole rings is 1. The second-order valence-corrected chi connectivity index (χ2v) is 9.18. The van der Waals surface area contributed by atoms with E-state index in [1.54, 1.807) is 30.1 Å². The summed E-state index contributed by atoms with van der Waals surface area (Å²) in [4.78, 5) is 4.16. The van der Waals surface area contributed by atoms with Crippen molar-refractivity contribution < 1.29 is 31.4 Å². The lowest BCUT2D eigenvalue weighted by Gasteiger charge is -2.18. The molecule has 214 valence electrons. The van der Waals surface area contributed by atoms with E-state index in [0.29, 0.717) is 16.2 Å². The maximum Gasteiger partial charge on any atom is 0.345 e. The van der Waals surface area contributed by atoms with Crippen LogP contribution in [-0.4, -0.2) is 47.5 Å². The molecule has 5 aromatic rings. The number of benzene rings is 1. The molecule has 4 heterocycles. The summed E-state index contributed by atoms with van der Waals surface area (Å²) in [5, 5.41) is 24.4. The van der Waals surface area contributed by atoms with Crippen molar-refractivity contribution >= 4 is 11.6 Å². The van der Waals surface area contributed by atoms with Gasteiger partial charge in [0.05, 0.1) is 46.5 Å². The smallest absolute Gasteiger partial charge is 0.345 e. The van der Waals surface area contributed by atoms with E-state index in [1.165, 1.54) is 35.1 Å². The third-order valence-corrected chi connectivity index (χ3v) is 6.57. The van der Waals surface area contributed by atoms with E-state index in [4.69, 9.17) is 11.6 Å². The lowest BCUT2D eigenvalue weighted by Crippen LogP contribution is -2.36. The lowest BCUT2D eigenvalue weighted by molar-refractivity contribution is -0.615. The van der Waals surface area contributed by atoms with E-state index < -0.39 is 37.2 Å². The Hall–Kier alpha value is -4.37. The molecule has 0 radical (unpaired) electrons. The summed E-state index contributed by atoms with van der Waals surface area (Å²) in [5.41, 5.74) is -0.0457. The van der Waals surface area contributed by atoms with Gasteiger partial charge >= 0.3 is 6.61 Å². The fraction of sp³-hybridized carbons (Fsp3) is 0.240. The quantitative estimate of drug-likeness (QED) is 0.125. The molecule has 0 fully saturated rings. The van der Waals surface area contributed by atoms with E-state index in [9.17, 15) is 22.8 Å².